The molecule has 124 valence electrons. The Morgan fingerprint density at radius 3 is 2.17 bits per heavy atom. The molecule has 3 aromatic carbocycles. The number of aliphatic hydroxyl groups is 1. The lowest BCUT2D eigenvalue weighted by atomic mass is 9.85. The lowest BCUT2D eigenvalue weighted by molar-refractivity contribution is 0.139. The summed E-state index contributed by atoms with van der Waals surface area (Å²) in [6.07, 6.45) is 0.653. The topological polar surface area (TPSA) is 20.2 Å². The molecule has 0 radical (unpaired) electrons. The predicted octanol–water partition coefficient (Wildman–Crippen LogP) is 5.74. The van der Waals surface area contributed by atoms with Crippen molar-refractivity contribution in [1.29, 1.82) is 0 Å². The highest BCUT2D eigenvalue weighted by Gasteiger charge is 2.23. The van der Waals surface area contributed by atoms with E-state index in [1.165, 1.54) is 12.1 Å². The molecule has 0 aliphatic rings. The van der Waals surface area contributed by atoms with E-state index < -0.39 is 17.7 Å². The molecule has 1 nitrogen and oxygen atoms in total. The van der Waals surface area contributed by atoms with E-state index in [1.807, 2.05) is 43.3 Å². The lowest BCUT2D eigenvalue weighted by Gasteiger charge is -2.24. The van der Waals surface area contributed by atoms with Gasteiger partial charge in [-0.2, -0.15) is 0 Å². The van der Waals surface area contributed by atoms with Gasteiger partial charge in [0.2, 0.25) is 0 Å². The minimum Gasteiger partial charge on any atom is -0.388 e. The van der Waals surface area contributed by atoms with Gasteiger partial charge >= 0.3 is 0 Å². The molecule has 0 spiro atoms. The van der Waals surface area contributed by atoms with Crippen molar-refractivity contribution in [3.8, 4) is 0 Å². The Bertz CT molecular complexity index is 824. The molecular formula is C21H20F2O. The quantitative estimate of drug-likeness (QED) is 0.634. The summed E-state index contributed by atoms with van der Waals surface area (Å²) in [4.78, 5) is 0. The van der Waals surface area contributed by atoms with E-state index in [1.54, 1.807) is 0 Å². The number of halogens is 2. The first kappa shape index (κ1) is 16.6. The summed E-state index contributed by atoms with van der Waals surface area (Å²) in [5, 5.41) is 13.0. The Balaban J connectivity index is 2.00. The van der Waals surface area contributed by atoms with Crippen molar-refractivity contribution in [2.75, 3.05) is 0 Å². The van der Waals surface area contributed by atoms with Crippen LogP contribution in [0.1, 0.15) is 42.9 Å². The van der Waals surface area contributed by atoms with Gasteiger partial charge in [0.15, 0.2) is 0 Å². The molecule has 0 saturated heterocycles. The van der Waals surface area contributed by atoms with Gasteiger partial charge in [-0.25, -0.2) is 8.78 Å². The second kappa shape index (κ2) is 7.10. The molecular weight excluding hydrogens is 306 g/mol. The van der Waals surface area contributed by atoms with Crippen LogP contribution in [0.3, 0.4) is 0 Å². The van der Waals surface area contributed by atoms with E-state index in [9.17, 15) is 13.9 Å². The average molecular weight is 326 g/mol. The monoisotopic (exact) mass is 326 g/mol. The molecule has 0 heterocycles. The first-order chi connectivity index (χ1) is 11.6. The van der Waals surface area contributed by atoms with E-state index in [0.29, 0.717) is 0 Å². The Kier molecular flexibility index (Phi) is 4.91. The van der Waals surface area contributed by atoms with E-state index >= 15 is 0 Å². The largest absolute Gasteiger partial charge is 0.388 e. The number of benzene rings is 3. The smallest absolute Gasteiger partial charge is 0.126 e. The van der Waals surface area contributed by atoms with Gasteiger partial charge < -0.3 is 5.11 Å². The van der Waals surface area contributed by atoms with Crippen molar-refractivity contribution in [2.45, 2.75) is 31.8 Å². The zero-order chi connectivity index (χ0) is 17.1. The fraction of sp³-hybridized carbons (Fsp3) is 0.238. The van der Waals surface area contributed by atoms with Crippen LogP contribution in [0, 0.1) is 11.6 Å². The maximum Gasteiger partial charge on any atom is 0.126 e. The van der Waals surface area contributed by atoms with Gasteiger partial charge in [0, 0.05) is 12.0 Å². The number of rotatable bonds is 5. The van der Waals surface area contributed by atoms with Crippen LogP contribution in [0.25, 0.3) is 10.8 Å². The number of fused-ring (bicyclic) bond motifs is 1. The molecule has 0 unspecified atom stereocenters. The summed E-state index contributed by atoms with van der Waals surface area (Å²) >= 11 is 0. The highest BCUT2D eigenvalue weighted by Crippen LogP contribution is 2.36. The van der Waals surface area contributed by atoms with Gasteiger partial charge in [0.1, 0.15) is 11.6 Å². The third kappa shape index (κ3) is 3.46. The highest BCUT2D eigenvalue weighted by molar-refractivity contribution is 5.83. The zero-order valence-corrected chi connectivity index (χ0v) is 13.5. The van der Waals surface area contributed by atoms with E-state index in [0.717, 1.165) is 35.2 Å². The van der Waals surface area contributed by atoms with Crippen molar-refractivity contribution in [1.82, 2.24) is 0 Å². The van der Waals surface area contributed by atoms with E-state index in [2.05, 4.69) is 6.07 Å². The van der Waals surface area contributed by atoms with Crippen LogP contribution in [-0.2, 0) is 0 Å². The van der Waals surface area contributed by atoms with Gasteiger partial charge in [0.05, 0.1) is 6.10 Å². The normalized spacial score (nSPS) is 13.8. The molecule has 24 heavy (non-hydrogen) atoms. The van der Waals surface area contributed by atoms with Crippen molar-refractivity contribution in [3.05, 3.63) is 83.4 Å². The van der Waals surface area contributed by atoms with Crippen molar-refractivity contribution in [3.63, 3.8) is 0 Å². The summed E-state index contributed by atoms with van der Waals surface area (Å²) in [6, 6.07) is 17.3. The molecule has 0 amide bonds. The molecule has 0 aliphatic carbocycles. The van der Waals surface area contributed by atoms with Crippen LogP contribution in [0.15, 0.2) is 60.7 Å². The van der Waals surface area contributed by atoms with Gasteiger partial charge in [0.25, 0.3) is 0 Å². The Morgan fingerprint density at radius 1 is 0.833 bits per heavy atom. The Labute approximate surface area is 140 Å². The van der Waals surface area contributed by atoms with Gasteiger partial charge in [-0.15, -0.1) is 0 Å². The van der Waals surface area contributed by atoms with E-state index in [-0.39, 0.29) is 11.5 Å². The molecule has 0 saturated carbocycles. The molecule has 0 aromatic heterocycles. The minimum absolute atomic E-state index is 0.208. The van der Waals surface area contributed by atoms with Crippen LogP contribution in [0.5, 0.6) is 0 Å². The second-order valence-electron chi connectivity index (χ2n) is 6.15. The summed E-state index contributed by atoms with van der Waals surface area (Å²) in [6.45, 7) is 2.03. The number of hydrogen-bond acceptors (Lipinski definition) is 1. The van der Waals surface area contributed by atoms with Gasteiger partial charge in [-0.05, 0) is 40.5 Å². The number of hydrogen-bond donors (Lipinski definition) is 1. The summed E-state index contributed by atoms with van der Waals surface area (Å²) in [7, 11) is 0. The third-order valence-corrected chi connectivity index (χ3v) is 4.41. The summed E-state index contributed by atoms with van der Waals surface area (Å²) < 4.78 is 27.0. The van der Waals surface area contributed by atoms with Gasteiger partial charge in [-0.1, -0.05) is 55.8 Å². The first-order valence-corrected chi connectivity index (χ1v) is 8.21. The standard InChI is InChI=1S/C21H20F2O/c1-2-5-20(21(24)17-11-18(22)13-19(23)12-17)16-9-8-14-6-3-4-7-15(14)10-16/h3-4,6-13,20-21,24H,2,5H2,1H3/t20-,21-/m1/s1. The molecule has 3 rings (SSSR count). The molecule has 3 aromatic rings. The van der Waals surface area contributed by atoms with Crippen molar-refractivity contribution in [2.24, 2.45) is 0 Å². The Morgan fingerprint density at radius 2 is 1.50 bits per heavy atom. The van der Waals surface area contributed by atoms with Crippen molar-refractivity contribution >= 4 is 10.8 Å². The van der Waals surface area contributed by atoms with Crippen LogP contribution >= 0.6 is 0 Å². The van der Waals surface area contributed by atoms with Crippen LogP contribution in [0.2, 0.25) is 0 Å². The molecule has 2 atom stereocenters. The maximum atomic E-state index is 13.5. The fourth-order valence-electron chi connectivity index (χ4n) is 3.23. The zero-order valence-electron chi connectivity index (χ0n) is 13.5. The van der Waals surface area contributed by atoms with E-state index in [4.69, 9.17) is 0 Å². The highest BCUT2D eigenvalue weighted by atomic mass is 19.1. The van der Waals surface area contributed by atoms with Crippen LogP contribution in [-0.4, -0.2) is 5.11 Å². The molecule has 0 bridgehead atoms. The van der Waals surface area contributed by atoms with Crippen LogP contribution in [0.4, 0.5) is 8.78 Å². The molecule has 1 N–H and O–H groups in total. The summed E-state index contributed by atoms with van der Waals surface area (Å²) in [5.74, 6) is -1.54. The Hall–Kier alpha value is -2.26. The average Bonchev–Trinajstić information content (AvgIpc) is 2.58. The minimum atomic E-state index is -0.948. The lowest BCUT2D eigenvalue weighted by Crippen LogP contribution is -2.12. The summed E-state index contributed by atoms with van der Waals surface area (Å²) in [5.41, 5.74) is 1.26. The fourth-order valence-corrected chi connectivity index (χ4v) is 3.23. The number of aliphatic hydroxyl groups excluding tert-OH is 1. The first-order valence-electron chi connectivity index (χ1n) is 8.21. The molecule has 3 heteroatoms. The predicted molar refractivity (Wildman–Crippen MR) is 92.9 cm³/mol. The SMILES string of the molecule is CCC[C@H](c1ccc2ccccc2c1)[C@H](O)c1cc(F)cc(F)c1. The molecule has 0 aliphatic heterocycles. The second-order valence-corrected chi connectivity index (χ2v) is 6.15. The third-order valence-electron chi connectivity index (χ3n) is 4.41. The maximum absolute atomic E-state index is 13.5. The van der Waals surface area contributed by atoms with Gasteiger partial charge in [-0.3, -0.25) is 0 Å². The van der Waals surface area contributed by atoms with Crippen LogP contribution < -0.4 is 0 Å². The molecule has 0 fully saturated rings. The van der Waals surface area contributed by atoms with Crippen molar-refractivity contribution < 1.29 is 13.9 Å².